The van der Waals surface area contributed by atoms with Crippen molar-refractivity contribution in [3.05, 3.63) is 35.8 Å². The summed E-state index contributed by atoms with van der Waals surface area (Å²) in [5.41, 5.74) is 6.42. The van der Waals surface area contributed by atoms with E-state index in [1.54, 1.807) is 0 Å². The van der Waals surface area contributed by atoms with Crippen molar-refractivity contribution in [2.45, 2.75) is 43.6 Å². The van der Waals surface area contributed by atoms with Crippen molar-refractivity contribution < 1.29 is 0 Å². The van der Waals surface area contributed by atoms with Crippen LogP contribution < -0.4 is 5.32 Å². The summed E-state index contributed by atoms with van der Waals surface area (Å²) in [7, 11) is 0. The van der Waals surface area contributed by atoms with Gasteiger partial charge >= 0.3 is 0 Å². The monoisotopic (exact) mass is 319 g/mol. The summed E-state index contributed by atoms with van der Waals surface area (Å²) < 4.78 is 2.21. The molecule has 6 rings (SSSR count). The standard InChI is InChI=1S/C19H21N5/c1-2-12(3-1)15-9-22-18-14(15)6-13(8-21-18)16-7-17-19(10-20-11-19)4-5-24(17)23-16/h6-9,12,20H,1-5,10-11H2,(H,21,22). The number of nitrogens with one attached hydrogen (secondary N) is 2. The molecule has 0 bridgehead atoms. The third-order valence-electron chi connectivity index (χ3n) is 6.46. The van der Waals surface area contributed by atoms with E-state index in [1.807, 2.05) is 6.20 Å². The highest BCUT2D eigenvalue weighted by molar-refractivity contribution is 5.84. The molecular formula is C19H21N5. The van der Waals surface area contributed by atoms with Crippen LogP contribution in [0.15, 0.2) is 24.5 Å². The molecule has 0 unspecified atom stereocenters. The van der Waals surface area contributed by atoms with Crippen LogP contribution in [0.2, 0.25) is 0 Å². The molecule has 2 aliphatic heterocycles. The van der Waals surface area contributed by atoms with E-state index >= 15 is 0 Å². The fraction of sp³-hybridized carbons (Fsp3) is 0.474. The van der Waals surface area contributed by atoms with Crippen LogP contribution in [0.4, 0.5) is 0 Å². The topological polar surface area (TPSA) is 58.5 Å². The van der Waals surface area contributed by atoms with E-state index in [4.69, 9.17) is 5.10 Å². The van der Waals surface area contributed by atoms with Gasteiger partial charge in [0.05, 0.1) is 5.69 Å². The average molecular weight is 319 g/mol. The van der Waals surface area contributed by atoms with Crippen molar-refractivity contribution in [2.75, 3.05) is 13.1 Å². The Morgan fingerprint density at radius 3 is 2.88 bits per heavy atom. The zero-order chi connectivity index (χ0) is 15.7. The Labute approximate surface area is 140 Å². The van der Waals surface area contributed by atoms with Crippen LogP contribution in [0.1, 0.15) is 42.9 Å². The van der Waals surface area contributed by atoms with Crippen LogP contribution in [-0.4, -0.2) is 32.8 Å². The zero-order valence-electron chi connectivity index (χ0n) is 13.7. The summed E-state index contributed by atoms with van der Waals surface area (Å²) in [6.45, 7) is 3.24. The molecule has 2 N–H and O–H groups in total. The smallest absolute Gasteiger partial charge is 0.137 e. The second-order valence-corrected chi connectivity index (χ2v) is 7.76. The van der Waals surface area contributed by atoms with Gasteiger partial charge in [-0.1, -0.05) is 6.42 Å². The van der Waals surface area contributed by atoms with Crippen LogP contribution in [-0.2, 0) is 12.0 Å². The number of nitrogens with zero attached hydrogens (tertiary/aromatic N) is 3. The maximum Gasteiger partial charge on any atom is 0.137 e. The van der Waals surface area contributed by atoms with Gasteiger partial charge in [0.25, 0.3) is 0 Å². The first-order chi connectivity index (χ1) is 11.8. The number of pyridine rings is 1. The van der Waals surface area contributed by atoms with Gasteiger partial charge in [-0.2, -0.15) is 5.10 Å². The van der Waals surface area contributed by atoms with E-state index in [2.05, 4.69) is 38.3 Å². The summed E-state index contributed by atoms with van der Waals surface area (Å²) >= 11 is 0. The Morgan fingerprint density at radius 2 is 2.12 bits per heavy atom. The van der Waals surface area contributed by atoms with Gasteiger partial charge in [-0.25, -0.2) is 4.98 Å². The molecule has 0 radical (unpaired) electrons. The molecular weight excluding hydrogens is 298 g/mol. The average Bonchev–Trinajstić information content (AvgIpc) is 3.16. The van der Waals surface area contributed by atoms with Gasteiger partial charge in [0, 0.05) is 54.1 Å². The lowest BCUT2D eigenvalue weighted by Gasteiger charge is -2.38. The number of H-pyrrole nitrogens is 1. The first-order valence-electron chi connectivity index (χ1n) is 9.09. The first kappa shape index (κ1) is 13.2. The van der Waals surface area contributed by atoms with Crippen molar-refractivity contribution >= 4 is 11.0 Å². The molecule has 3 aromatic heterocycles. The van der Waals surface area contributed by atoms with Crippen molar-refractivity contribution in [1.82, 2.24) is 25.1 Å². The molecule has 3 aromatic rings. The number of rotatable bonds is 2. The van der Waals surface area contributed by atoms with Gasteiger partial charge in [-0.05, 0) is 42.9 Å². The Bertz CT molecular complexity index is 942. The Hall–Kier alpha value is -2.14. The molecule has 0 atom stereocenters. The maximum absolute atomic E-state index is 4.88. The molecule has 0 aromatic carbocycles. The quantitative estimate of drug-likeness (QED) is 0.763. The van der Waals surface area contributed by atoms with E-state index in [-0.39, 0.29) is 0 Å². The normalized spacial score (nSPS) is 21.8. The van der Waals surface area contributed by atoms with Gasteiger partial charge in [-0.15, -0.1) is 0 Å². The summed E-state index contributed by atoms with van der Waals surface area (Å²) in [5, 5.41) is 9.59. The zero-order valence-corrected chi connectivity index (χ0v) is 13.7. The number of aromatic nitrogens is 4. The highest BCUT2D eigenvalue weighted by atomic mass is 15.3. The number of aryl methyl sites for hydroxylation is 1. The third-order valence-corrected chi connectivity index (χ3v) is 6.46. The molecule has 5 nitrogen and oxygen atoms in total. The molecule has 1 spiro atoms. The SMILES string of the molecule is c1nc2[nH]cc(C3CCC3)c2cc1-c1cc2n(n1)CCC21CNC1. The number of hydrogen-bond donors (Lipinski definition) is 2. The number of fused-ring (bicyclic) bond motifs is 3. The van der Waals surface area contributed by atoms with Crippen molar-refractivity contribution in [3.8, 4) is 11.3 Å². The Morgan fingerprint density at radius 1 is 1.21 bits per heavy atom. The van der Waals surface area contributed by atoms with Crippen LogP contribution in [0.25, 0.3) is 22.3 Å². The maximum atomic E-state index is 4.88. The predicted molar refractivity (Wildman–Crippen MR) is 93.1 cm³/mol. The lowest BCUT2D eigenvalue weighted by Crippen LogP contribution is -2.55. The molecule has 24 heavy (non-hydrogen) atoms. The van der Waals surface area contributed by atoms with Crippen molar-refractivity contribution in [2.24, 2.45) is 0 Å². The molecule has 0 amide bonds. The van der Waals surface area contributed by atoms with E-state index in [9.17, 15) is 0 Å². The molecule has 2 fully saturated rings. The number of hydrogen-bond acceptors (Lipinski definition) is 3. The molecule has 1 aliphatic carbocycles. The summed E-state index contributed by atoms with van der Waals surface area (Å²) in [4.78, 5) is 8.00. The minimum absolute atomic E-state index is 0.341. The second-order valence-electron chi connectivity index (χ2n) is 7.76. The van der Waals surface area contributed by atoms with E-state index in [0.717, 1.165) is 36.5 Å². The molecule has 3 aliphatic rings. The van der Waals surface area contributed by atoms with E-state index in [0.29, 0.717) is 11.3 Å². The fourth-order valence-corrected chi connectivity index (χ4v) is 4.61. The lowest BCUT2D eigenvalue weighted by atomic mass is 9.77. The first-order valence-corrected chi connectivity index (χ1v) is 9.09. The van der Waals surface area contributed by atoms with Crippen LogP contribution in [0, 0.1) is 0 Å². The fourth-order valence-electron chi connectivity index (χ4n) is 4.61. The molecule has 122 valence electrons. The van der Waals surface area contributed by atoms with Crippen LogP contribution in [0.5, 0.6) is 0 Å². The Balaban J connectivity index is 1.45. The second kappa shape index (κ2) is 4.48. The molecule has 5 heteroatoms. The summed E-state index contributed by atoms with van der Waals surface area (Å²) in [5.74, 6) is 0.715. The molecule has 1 saturated carbocycles. The van der Waals surface area contributed by atoms with E-state index in [1.165, 1.54) is 42.3 Å². The highest BCUT2D eigenvalue weighted by Crippen LogP contribution is 2.42. The van der Waals surface area contributed by atoms with Crippen molar-refractivity contribution in [3.63, 3.8) is 0 Å². The highest BCUT2D eigenvalue weighted by Gasteiger charge is 2.45. The molecule has 1 saturated heterocycles. The minimum atomic E-state index is 0.341. The van der Waals surface area contributed by atoms with Gasteiger partial charge in [0.15, 0.2) is 0 Å². The van der Waals surface area contributed by atoms with Gasteiger partial charge in [0.2, 0.25) is 0 Å². The van der Waals surface area contributed by atoms with Crippen molar-refractivity contribution in [1.29, 1.82) is 0 Å². The Kier molecular flexibility index (Phi) is 2.46. The predicted octanol–water partition coefficient (Wildman–Crippen LogP) is 2.94. The summed E-state index contributed by atoms with van der Waals surface area (Å²) in [6, 6.07) is 4.59. The minimum Gasteiger partial charge on any atom is -0.346 e. The van der Waals surface area contributed by atoms with Gasteiger partial charge in [-0.3, -0.25) is 4.68 Å². The van der Waals surface area contributed by atoms with Gasteiger partial charge in [0.1, 0.15) is 5.65 Å². The number of aromatic amines is 1. The van der Waals surface area contributed by atoms with Crippen LogP contribution in [0.3, 0.4) is 0 Å². The third kappa shape index (κ3) is 1.63. The molecule has 5 heterocycles. The summed E-state index contributed by atoms with van der Waals surface area (Å²) in [6.07, 6.45) is 9.33. The van der Waals surface area contributed by atoms with Crippen LogP contribution >= 0.6 is 0 Å². The van der Waals surface area contributed by atoms with E-state index < -0.39 is 0 Å². The lowest BCUT2D eigenvalue weighted by molar-refractivity contribution is 0.276. The largest absolute Gasteiger partial charge is 0.346 e. The van der Waals surface area contributed by atoms with Gasteiger partial charge < -0.3 is 10.3 Å².